The minimum absolute atomic E-state index is 0.0808. The predicted molar refractivity (Wildman–Crippen MR) is 78.1 cm³/mol. The molecule has 98 valence electrons. The fraction of sp³-hybridized carbons (Fsp3) is 0.765. The summed E-state index contributed by atoms with van der Waals surface area (Å²) in [4.78, 5) is 0. The van der Waals surface area contributed by atoms with Gasteiger partial charge in [-0.15, -0.1) is 0 Å². The lowest BCUT2D eigenvalue weighted by Gasteiger charge is -2.42. The first-order chi connectivity index (χ1) is 7.82. The highest BCUT2D eigenvalue weighted by Gasteiger charge is 2.36. The Bertz CT molecular complexity index is 411. The molecule has 0 aliphatic heterocycles. The summed E-state index contributed by atoms with van der Waals surface area (Å²) in [6.07, 6.45) is 1.06. The Morgan fingerprint density at radius 3 is 2.06 bits per heavy atom. The molecule has 1 atom stereocenters. The maximum Gasteiger partial charge on any atom is 0.0355 e. The summed E-state index contributed by atoms with van der Waals surface area (Å²) in [5.41, 5.74) is 5.66. The summed E-state index contributed by atoms with van der Waals surface area (Å²) in [5.74, 6) is -0.503. The predicted octanol–water partition coefficient (Wildman–Crippen LogP) is 5.75. The van der Waals surface area contributed by atoms with E-state index in [1.54, 1.807) is 0 Å². The average molecular weight is 235 g/mol. The van der Waals surface area contributed by atoms with E-state index >= 15 is 0 Å². The molecule has 0 heterocycles. The van der Waals surface area contributed by atoms with Crippen LogP contribution < -0.4 is 0 Å². The van der Waals surface area contributed by atoms with Gasteiger partial charge in [-0.1, -0.05) is 52.7 Å². The van der Waals surface area contributed by atoms with Crippen LogP contribution in [0.1, 0.15) is 70.1 Å². The Morgan fingerprint density at radius 1 is 1.18 bits per heavy atom. The van der Waals surface area contributed by atoms with E-state index in [-0.39, 0.29) is 10.8 Å². The van der Waals surface area contributed by atoms with E-state index in [9.17, 15) is 0 Å². The van der Waals surface area contributed by atoms with Gasteiger partial charge in [-0.2, -0.15) is 0 Å². The lowest BCUT2D eigenvalue weighted by molar-refractivity contribution is 0.308. The summed E-state index contributed by atoms with van der Waals surface area (Å²) in [7, 11) is 0. The highest BCUT2D eigenvalue weighted by Crippen LogP contribution is 2.48. The highest BCUT2D eigenvalue weighted by molar-refractivity contribution is 5.45. The molecule has 0 heteroatoms. The van der Waals surface area contributed by atoms with Crippen LogP contribution in [0, 0.1) is 16.7 Å². The van der Waals surface area contributed by atoms with Crippen LogP contribution in [-0.4, -0.2) is 0 Å². The molecular formula is C17H30. The van der Waals surface area contributed by atoms with Gasteiger partial charge in [0, 0.05) is 1.37 Å². The van der Waals surface area contributed by atoms with Crippen LogP contribution in [0.25, 0.3) is 0 Å². The van der Waals surface area contributed by atoms with Crippen LogP contribution in [0.15, 0.2) is 22.3 Å². The van der Waals surface area contributed by atoms with Crippen LogP contribution in [0.4, 0.5) is 0 Å². The van der Waals surface area contributed by atoms with Gasteiger partial charge in [0.2, 0.25) is 0 Å². The first-order valence-electron chi connectivity index (χ1n) is 7.21. The van der Waals surface area contributed by atoms with Crippen molar-refractivity contribution in [1.82, 2.24) is 0 Å². The molecule has 0 bridgehead atoms. The third-order valence-electron chi connectivity index (χ3n) is 4.61. The average Bonchev–Trinajstić information content (AvgIpc) is 2.19. The summed E-state index contributed by atoms with van der Waals surface area (Å²) in [5, 5.41) is 0. The van der Waals surface area contributed by atoms with E-state index in [4.69, 9.17) is 1.37 Å². The number of hydrogen-bond donors (Lipinski definition) is 0. The molecule has 0 aromatic rings. The van der Waals surface area contributed by atoms with Crippen molar-refractivity contribution in [2.45, 2.75) is 68.7 Å². The maximum absolute atomic E-state index is 8.80. The zero-order valence-corrected chi connectivity index (χ0v) is 13.2. The Hall–Kier alpha value is -0.520. The van der Waals surface area contributed by atoms with E-state index in [0.29, 0.717) is 0 Å². The molecule has 0 unspecified atom stereocenters. The number of allylic oxidation sites excluding steroid dienone is 4. The van der Waals surface area contributed by atoms with Crippen molar-refractivity contribution < 1.29 is 1.37 Å². The molecule has 0 saturated heterocycles. The molecule has 0 saturated carbocycles. The molecule has 1 aliphatic carbocycles. The topological polar surface area (TPSA) is 0 Å². The van der Waals surface area contributed by atoms with Crippen molar-refractivity contribution in [3.63, 3.8) is 0 Å². The van der Waals surface area contributed by atoms with E-state index in [1.807, 2.05) is 0 Å². The molecule has 0 nitrogen and oxygen atoms in total. The SMILES string of the molecule is [2H][C@@]1(C)C(C)=C(CC(C)(C)C)C(C)=C(C)C1(C)C. The van der Waals surface area contributed by atoms with Gasteiger partial charge in [0.25, 0.3) is 0 Å². The molecular weight excluding hydrogens is 204 g/mol. The number of hydrogen-bond acceptors (Lipinski definition) is 0. The van der Waals surface area contributed by atoms with Crippen molar-refractivity contribution >= 4 is 0 Å². The highest BCUT2D eigenvalue weighted by atomic mass is 14.4. The van der Waals surface area contributed by atoms with E-state index in [2.05, 4.69) is 62.3 Å². The van der Waals surface area contributed by atoms with Gasteiger partial charge < -0.3 is 0 Å². The summed E-state index contributed by atoms with van der Waals surface area (Å²) >= 11 is 0. The first kappa shape index (κ1) is 12.9. The van der Waals surface area contributed by atoms with Gasteiger partial charge in [-0.05, 0) is 55.1 Å². The van der Waals surface area contributed by atoms with Crippen molar-refractivity contribution in [2.24, 2.45) is 16.7 Å². The van der Waals surface area contributed by atoms with E-state index in [0.717, 1.165) is 6.42 Å². The lowest BCUT2D eigenvalue weighted by atomic mass is 9.63. The Kier molecular flexibility index (Phi) is 3.27. The van der Waals surface area contributed by atoms with Crippen LogP contribution in [-0.2, 0) is 0 Å². The normalized spacial score (nSPS) is 30.8. The molecule has 0 radical (unpaired) electrons. The quantitative estimate of drug-likeness (QED) is 0.542. The largest absolute Gasteiger partial charge is 0.0662 e. The zero-order chi connectivity index (χ0) is 14.5. The molecule has 17 heavy (non-hydrogen) atoms. The van der Waals surface area contributed by atoms with Gasteiger partial charge in [-0.25, -0.2) is 0 Å². The second-order valence-electron chi connectivity index (χ2n) is 7.34. The lowest BCUT2D eigenvalue weighted by Crippen LogP contribution is -2.30. The van der Waals surface area contributed by atoms with Crippen LogP contribution in [0.3, 0.4) is 0 Å². The van der Waals surface area contributed by atoms with E-state index in [1.165, 1.54) is 22.3 Å². The molecule has 0 spiro atoms. The van der Waals surface area contributed by atoms with E-state index < -0.39 is 5.89 Å². The van der Waals surface area contributed by atoms with Crippen molar-refractivity contribution in [3.8, 4) is 0 Å². The Labute approximate surface area is 110 Å². The fourth-order valence-corrected chi connectivity index (χ4v) is 2.75. The van der Waals surface area contributed by atoms with Crippen LogP contribution in [0.5, 0.6) is 0 Å². The van der Waals surface area contributed by atoms with Crippen molar-refractivity contribution in [3.05, 3.63) is 22.3 Å². The first-order valence-corrected chi connectivity index (χ1v) is 6.71. The molecule has 0 aromatic heterocycles. The molecule has 0 N–H and O–H groups in total. The van der Waals surface area contributed by atoms with Crippen molar-refractivity contribution in [2.75, 3.05) is 0 Å². The molecule has 0 fully saturated rings. The summed E-state index contributed by atoms with van der Waals surface area (Å²) in [6, 6.07) is 0. The van der Waals surface area contributed by atoms with Crippen LogP contribution in [0.2, 0.25) is 0 Å². The number of rotatable bonds is 1. The summed E-state index contributed by atoms with van der Waals surface area (Å²) in [6.45, 7) is 19.9. The van der Waals surface area contributed by atoms with Crippen molar-refractivity contribution in [1.29, 1.82) is 0 Å². The third-order valence-corrected chi connectivity index (χ3v) is 4.61. The van der Waals surface area contributed by atoms with Gasteiger partial charge in [0.05, 0.1) is 0 Å². The van der Waals surface area contributed by atoms with Gasteiger partial charge >= 0.3 is 0 Å². The minimum atomic E-state index is -0.503. The fourth-order valence-electron chi connectivity index (χ4n) is 2.75. The maximum atomic E-state index is 8.80. The minimum Gasteiger partial charge on any atom is -0.0662 e. The summed E-state index contributed by atoms with van der Waals surface area (Å²) < 4.78 is 8.80. The molecule has 0 aromatic carbocycles. The second kappa shape index (κ2) is 4.30. The standard InChI is InChI=1S/C17H30/c1-11-13(3)17(8,9)14(4)12(2)15(11)10-16(5,6)7/h13H,10H2,1-9H3/t13-/m1/s1/i13D. The zero-order valence-electron chi connectivity index (χ0n) is 14.2. The van der Waals surface area contributed by atoms with Crippen LogP contribution >= 0.6 is 0 Å². The monoisotopic (exact) mass is 235 g/mol. The van der Waals surface area contributed by atoms with Gasteiger partial charge in [0.15, 0.2) is 0 Å². The van der Waals surface area contributed by atoms with Gasteiger partial charge in [0.1, 0.15) is 0 Å². The van der Waals surface area contributed by atoms with Gasteiger partial charge in [-0.3, -0.25) is 0 Å². The molecule has 1 aliphatic rings. The Balaban J connectivity index is 3.43. The molecule has 1 rings (SSSR count). The third kappa shape index (κ3) is 2.67. The smallest absolute Gasteiger partial charge is 0.0355 e. The molecule has 0 amide bonds. The Morgan fingerprint density at radius 2 is 1.65 bits per heavy atom. The second-order valence-corrected chi connectivity index (χ2v) is 7.34.